The summed E-state index contributed by atoms with van der Waals surface area (Å²) in [6.45, 7) is 10.2. The van der Waals surface area contributed by atoms with E-state index in [2.05, 4.69) is 15.3 Å². The lowest BCUT2D eigenvalue weighted by molar-refractivity contribution is -0.158. The molecule has 14 nitrogen and oxygen atoms in total. The molecule has 2 fully saturated rings. The number of hydrogen-bond acceptors (Lipinski definition) is 11. The van der Waals surface area contributed by atoms with Gasteiger partial charge in [0.1, 0.15) is 34.4 Å². The number of nitrogens with one attached hydrogen (secondary N) is 1. The molecule has 2 aromatic carbocycles. The molecular formula is C37H42N6O8S2. The van der Waals surface area contributed by atoms with Crippen LogP contribution < -0.4 is 10.1 Å². The Morgan fingerprint density at radius 3 is 2.28 bits per heavy atom. The van der Waals surface area contributed by atoms with Crippen LogP contribution in [0.2, 0.25) is 0 Å². The molecule has 1 N–H and O–H groups in total. The van der Waals surface area contributed by atoms with E-state index in [9.17, 15) is 28.2 Å². The van der Waals surface area contributed by atoms with Crippen LogP contribution in [0.4, 0.5) is 10.5 Å². The molecule has 16 heteroatoms. The predicted molar refractivity (Wildman–Crippen MR) is 198 cm³/mol. The summed E-state index contributed by atoms with van der Waals surface area (Å²) in [4.78, 5) is 75.0. The van der Waals surface area contributed by atoms with E-state index in [1.54, 1.807) is 96.8 Å². The van der Waals surface area contributed by atoms with E-state index in [0.29, 0.717) is 40.7 Å². The Balaban J connectivity index is 1.20. The van der Waals surface area contributed by atoms with E-state index in [-0.39, 0.29) is 31.2 Å². The van der Waals surface area contributed by atoms with Gasteiger partial charge in [-0.1, -0.05) is 12.1 Å². The van der Waals surface area contributed by atoms with Gasteiger partial charge in [-0.15, -0.1) is 11.8 Å². The lowest BCUT2D eigenvalue weighted by Gasteiger charge is -2.34. The summed E-state index contributed by atoms with van der Waals surface area (Å²) >= 11 is 1.50. The molecule has 3 heterocycles. The minimum absolute atomic E-state index is 0.0872. The number of benzene rings is 2. The van der Waals surface area contributed by atoms with Crippen LogP contribution in [0.3, 0.4) is 0 Å². The SMILES string of the molecule is CC(C)(C)OC(=O)[C@H](Cc1ccc(OC(=O)N2CCN(C(=O)c3ccc(N=C=O)cc3)CC2)cc1)NC(=O)[C@H]1N(S(=O)c2cccnc2)CSC1(C)C. The second kappa shape index (κ2) is 16.8. The fourth-order valence-electron chi connectivity index (χ4n) is 5.82. The van der Waals surface area contributed by atoms with Crippen molar-refractivity contribution in [1.29, 1.82) is 0 Å². The number of piperazine rings is 1. The number of nitrogens with zero attached hydrogens (tertiary/aromatic N) is 5. The highest BCUT2D eigenvalue weighted by Gasteiger charge is 2.49. The summed E-state index contributed by atoms with van der Waals surface area (Å²) in [5.41, 5.74) is 0.708. The number of pyridine rings is 1. The normalized spacial score (nSPS) is 18.3. The van der Waals surface area contributed by atoms with Gasteiger partial charge in [0.15, 0.2) is 0 Å². The fourth-order valence-corrected chi connectivity index (χ4v) is 8.60. The second-order valence-corrected chi connectivity index (χ2v) is 17.0. The first-order chi connectivity index (χ1) is 25.1. The minimum Gasteiger partial charge on any atom is -0.458 e. The quantitative estimate of drug-likeness (QED) is 0.179. The third kappa shape index (κ3) is 10.2. The number of amides is 3. The van der Waals surface area contributed by atoms with Gasteiger partial charge in [-0.2, -0.15) is 9.30 Å². The maximum absolute atomic E-state index is 13.9. The summed E-state index contributed by atoms with van der Waals surface area (Å²) in [7, 11) is -1.66. The van der Waals surface area contributed by atoms with E-state index >= 15 is 0 Å². The van der Waals surface area contributed by atoms with Crippen molar-refractivity contribution in [3.05, 3.63) is 84.2 Å². The molecule has 0 saturated carbocycles. The van der Waals surface area contributed by atoms with Crippen molar-refractivity contribution in [2.75, 3.05) is 32.1 Å². The van der Waals surface area contributed by atoms with Gasteiger partial charge in [-0.05, 0) is 88.7 Å². The van der Waals surface area contributed by atoms with Crippen molar-refractivity contribution in [1.82, 2.24) is 24.4 Å². The maximum Gasteiger partial charge on any atom is 0.415 e. The largest absolute Gasteiger partial charge is 0.458 e. The molecule has 2 aliphatic heterocycles. The second-order valence-electron chi connectivity index (χ2n) is 14.0. The van der Waals surface area contributed by atoms with Crippen LogP contribution in [0.5, 0.6) is 5.75 Å². The molecule has 0 radical (unpaired) electrons. The fraction of sp³-hybridized carbons (Fsp3) is 0.405. The predicted octanol–water partition coefficient (Wildman–Crippen LogP) is 4.25. The van der Waals surface area contributed by atoms with Crippen LogP contribution in [0.15, 0.2) is 82.9 Å². The Kier molecular flexibility index (Phi) is 12.5. The van der Waals surface area contributed by atoms with Gasteiger partial charge < -0.3 is 24.6 Å². The van der Waals surface area contributed by atoms with Gasteiger partial charge in [0.05, 0.1) is 16.5 Å². The Morgan fingerprint density at radius 2 is 1.68 bits per heavy atom. The number of aromatic nitrogens is 1. The molecule has 1 unspecified atom stereocenters. The summed E-state index contributed by atoms with van der Waals surface area (Å²) in [5.74, 6) is -0.647. The molecule has 2 saturated heterocycles. The third-order valence-electron chi connectivity index (χ3n) is 8.50. The molecule has 53 heavy (non-hydrogen) atoms. The first-order valence-electron chi connectivity index (χ1n) is 16.9. The Hall–Kier alpha value is -4.89. The summed E-state index contributed by atoms with van der Waals surface area (Å²) < 4.78 is 25.8. The zero-order valence-electron chi connectivity index (χ0n) is 30.1. The Morgan fingerprint density at radius 1 is 1.02 bits per heavy atom. The zero-order valence-corrected chi connectivity index (χ0v) is 31.8. The molecule has 5 rings (SSSR count). The molecular weight excluding hydrogens is 721 g/mol. The summed E-state index contributed by atoms with van der Waals surface area (Å²) in [5, 5.41) is 2.88. The molecule has 280 valence electrons. The van der Waals surface area contributed by atoms with Crippen molar-refractivity contribution < 1.29 is 37.7 Å². The third-order valence-corrected chi connectivity index (χ3v) is 11.4. The average Bonchev–Trinajstić information content (AvgIpc) is 3.46. The van der Waals surface area contributed by atoms with Gasteiger partial charge in [0.25, 0.3) is 5.91 Å². The monoisotopic (exact) mass is 762 g/mol. The van der Waals surface area contributed by atoms with Crippen LogP contribution >= 0.6 is 11.8 Å². The Labute approximate surface area is 314 Å². The van der Waals surface area contributed by atoms with Crippen LogP contribution in [-0.4, -0.2) is 108 Å². The number of carbonyl (C=O) groups excluding carboxylic acids is 5. The molecule has 1 aromatic heterocycles. The highest BCUT2D eigenvalue weighted by Crippen LogP contribution is 2.41. The molecule has 3 aromatic rings. The van der Waals surface area contributed by atoms with Gasteiger partial charge in [-0.25, -0.2) is 18.6 Å². The summed E-state index contributed by atoms with van der Waals surface area (Å²) in [6, 6.07) is 14.4. The number of isocyanates is 1. The zero-order chi connectivity index (χ0) is 38.3. The van der Waals surface area contributed by atoms with Gasteiger partial charge in [0.2, 0.25) is 12.0 Å². The van der Waals surface area contributed by atoms with Crippen LogP contribution in [0.25, 0.3) is 0 Å². The standard InChI is InChI=1S/C37H42N6O8S2/c1-36(2,3)51-34(47)30(40-32(45)31-37(4,5)52-24-43(31)53(49)29-7-6-16-38-22-29)21-25-8-14-28(15-9-25)50-35(48)42-19-17-41(18-20-42)33(46)26-10-12-27(13-11-26)39-23-44/h6-16,22,30-31H,17-21,24H2,1-5H3,(H,40,45)/t30-,31+,53?/m0/s1. The molecule has 3 atom stereocenters. The van der Waals surface area contributed by atoms with Crippen LogP contribution in [-0.2, 0) is 36.5 Å². The number of carbonyl (C=O) groups is 4. The van der Waals surface area contributed by atoms with E-state index in [1.807, 2.05) is 13.8 Å². The van der Waals surface area contributed by atoms with Gasteiger partial charge in [0, 0.05) is 55.3 Å². The van der Waals surface area contributed by atoms with Crippen molar-refractivity contribution in [3.8, 4) is 5.75 Å². The van der Waals surface area contributed by atoms with Crippen molar-refractivity contribution in [2.24, 2.45) is 4.99 Å². The number of thioether (sulfide) groups is 1. The highest BCUT2D eigenvalue weighted by atomic mass is 32.2. The lowest BCUT2D eigenvalue weighted by Crippen LogP contribution is -2.56. The molecule has 3 amide bonds. The number of esters is 1. The number of ether oxygens (including phenoxy) is 2. The van der Waals surface area contributed by atoms with E-state index < -0.39 is 51.4 Å². The summed E-state index contributed by atoms with van der Waals surface area (Å²) in [6.07, 6.45) is 4.08. The average molecular weight is 763 g/mol. The number of aliphatic imine (C=N–C) groups is 1. The molecule has 0 spiro atoms. The Bertz CT molecular complexity index is 1870. The topological polar surface area (TPSA) is 168 Å². The smallest absolute Gasteiger partial charge is 0.415 e. The van der Waals surface area contributed by atoms with Gasteiger partial charge in [-0.3, -0.25) is 14.6 Å². The van der Waals surface area contributed by atoms with E-state index in [0.717, 1.165) is 0 Å². The molecule has 0 aliphatic carbocycles. The minimum atomic E-state index is -1.66. The number of rotatable bonds is 10. The van der Waals surface area contributed by atoms with Crippen molar-refractivity contribution in [3.63, 3.8) is 0 Å². The van der Waals surface area contributed by atoms with Crippen molar-refractivity contribution >= 4 is 58.4 Å². The molecule has 2 aliphatic rings. The van der Waals surface area contributed by atoms with Crippen LogP contribution in [0.1, 0.15) is 50.5 Å². The van der Waals surface area contributed by atoms with E-state index in [4.69, 9.17) is 9.47 Å². The highest BCUT2D eigenvalue weighted by molar-refractivity contribution is 8.01. The van der Waals surface area contributed by atoms with Gasteiger partial charge >= 0.3 is 12.1 Å². The number of hydrogen-bond donors (Lipinski definition) is 1. The van der Waals surface area contributed by atoms with E-state index in [1.165, 1.54) is 28.9 Å². The maximum atomic E-state index is 13.9. The van der Waals surface area contributed by atoms with Crippen LogP contribution in [0, 0.1) is 0 Å². The molecule has 0 bridgehead atoms. The first-order valence-corrected chi connectivity index (χ1v) is 19.0. The lowest BCUT2D eigenvalue weighted by atomic mass is 10.0. The van der Waals surface area contributed by atoms with Crippen molar-refractivity contribution in [2.45, 2.75) is 68.4 Å². The first kappa shape index (κ1) is 39.3.